The van der Waals surface area contributed by atoms with Gasteiger partial charge < -0.3 is 0 Å². The predicted octanol–water partition coefficient (Wildman–Crippen LogP) is 4.59. The van der Waals surface area contributed by atoms with Gasteiger partial charge in [0, 0.05) is 5.56 Å². The maximum absolute atomic E-state index is 13.6. The van der Waals surface area contributed by atoms with E-state index in [-0.39, 0.29) is 10.6 Å². The van der Waals surface area contributed by atoms with Crippen LogP contribution in [-0.4, -0.2) is 0 Å². The fourth-order valence-electron chi connectivity index (χ4n) is 1.62. The van der Waals surface area contributed by atoms with Gasteiger partial charge in [-0.1, -0.05) is 23.7 Å². The summed E-state index contributed by atoms with van der Waals surface area (Å²) in [6.45, 7) is 1.79. The lowest BCUT2D eigenvalue weighted by Gasteiger charge is -2.09. The van der Waals surface area contributed by atoms with Crippen LogP contribution < -0.4 is 0 Å². The summed E-state index contributed by atoms with van der Waals surface area (Å²) >= 11 is 5.93. The molecule has 2 rings (SSSR count). The molecule has 0 aliphatic heterocycles. The Morgan fingerprint density at radius 1 is 1.06 bits per heavy atom. The third kappa shape index (κ3) is 1.93. The number of benzene rings is 2. The van der Waals surface area contributed by atoms with Gasteiger partial charge in [0.25, 0.3) is 0 Å². The molecule has 3 heteroatoms. The van der Waals surface area contributed by atoms with Crippen LogP contribution in [0.2, 0.25) is 5.02 Å². The molecule has 0 atom stereocenters. The van der Waals surface area contributed by atoms with Gasteiger partial charge in [-0.05, 0) is 42.3 Å². The lowest BCUT2D eigenvalue weighted by atomic mass is 10.00. The Balaban J connectivity index is 2.72. The van der Waals surface area contributed by atoms with Crippen LogP contribution in [0.15, 0.2) is 36.4 Å². The van der Waals surface area contributed by atoms with Crippen LogP contribution >= 0.6 is 11.6 Å². The SMILES string of the molecule is Cc1ccc(F)cc1-c1c(F)cccc1Cl. The second-order valence-corrected chi connectivity index (χ2v) is 3.96. The molecule has 0 bridgehead atoms. The van der Waals surface area contributed by atoms with E-state index in [1.165, 1.54) is 24.3 Å². The maximum atomic E-state index is 13.6. The summed E-state index contributed by atoms with van der Waals surface area (Å²) in [6.07, 6.45) is 0. The van der Waals surface area contributed by atoms with Gasteiger partial charge in [-0.25, -0.2) is 8.78 Å². The molecule has 0 fully saturated rings. The van der Waals surface area contributed by atoms with Crippen molar-refractivity contribution < 1.29 is 8.78 Å². The second-order valence-electron chi connectivity index (χ2n) is 3.56. The van der Waals surface area contributed by atoms with Crippen molar-refractivity contribution >= 4 is 11.6 Å². The first-order valence-electron chi connectivity index (χ1n) is 4.80. The summed E-state index contributed by atoms with van der Waals surface area (Å²) < 4.78 is 26.8. The highest BCUT2D eigenvalue weighted by atomic mass is 35.5. The summed E-state index contributed by atoms with van der Waals surface area (Å²) in [5.74, 6) is -0.846. The molecule has 0 radical (unpaired) electrons. The van der Waals surface area contributed by atoms with Gasteiger partial charge in [-0.2, -0.15) is 0 Å². The van der Waals surface area contributed by atoms with E-state index in [0.717, 1.165) is 5.56 Å². The third-order valence-corrected chi connectivity index (χ3v) is 2.75. The van der Waals surface area contributed by atoms with E-state index < -0.39 is 11.6 Å². The topological polar surface area (TPSA) is 0 Å². The molecule has 82 valence electrons. The van der Waals surface area contributed by atoms with E-state index in [4.69, 9.17) is 11.6 Å². The van der Waals surface area contributed by atoms with Gasteiger partial charge in [0.1, 0.15) is 11.6 Å². The number of aryl methyl sites for hydroxylation is 1. The zero-order valence-corrected chi connectivity index (χ0v) is 9.35. The van der Waals surface area contributed by atoms with Crippen molar-refractivity contribution in [1.82, 2.24) is 0 Å². The molecule has 0 amide bonds. The van der Waals surface area contributed by atoms with Crippen molar-refractivity contribution in [2.24, 2.45) is 0 Å². The zero-order chi connectivity index (χ0) is 11.7. The van der Waals surface area contributed by atoms with Crippen molar-refractivity contribution in [2.75, 3.05) is 0 Å². The molecule has 0 aliphatic carbocycles. The van der Waals surface area contributed by atoms with Crippen molar-refractivity contribution in [2.45, 2.75) is 6.92 Å². The first-order chi connectivity index (χ1) is 7.59. The standard InChI is InChI=1S/C13H9ClF2/c1-8-5-6-9(15)7-10(8)13-11(14)3-2-4-12(13)16/h2-7H,1H3. The monoisotopic (exact) mass is 238 g/mol. The first-order valence-corrected chi connectivity index (χ1v) is 5.18. The molecule has 0 nitrogen and oxygen atoms in total. The molecule has 2 aromatic carbocycles. The molecule has 0 aromatic heterocycles. The lowest BCUT2D eigenvalue weighted by molar-refractivity contribution is 0.624. The molecule has 16 heavy (non-hydrogen) atoms. The molecule has 0 unspecified atom stereocenters. The second kappa shape index (κ2) is 4.22. The third-order valence-electron chi connectivity index (χ3n) is 2.43. The van der Waals surface area contributed by atoms with Crippen LogP contribution in [0.5, 0.6) is 0 Å². The Morgan fingerprint density at radius 3 is 2.50 bits per heavy atom. The fourth-order valence-corrected chi connectivity index (χ4v) is 1.88. The Bertz CT molecular complexity index is 515. The van der Waals surface area contributed by atoms with E-state index in [9.17, 15) is 8.78 Å². The predicted molar refractivity (Wildman–Crippen MR) is 61.5 cm³/mol. The van der Waals surface area contributed by atoms with Crippen LogP contribution in [-0.2, 0) is 0 Å². The smallest absolute Gasteiger partial charge is 0.132 e. The van der Waals surface area contributed by atoms with Gasteiger partial charge >= 0.3 is 0 Å². The van der Waals surface area contributed by atoms with Gasteiger partial charge in [0.15, 0.2) is 0 Å². The summed E-state index contributed by atoms with van der Waals surface area (Å²) in [5, 5.41) is 0.286. The fraction of sp³-hybridized carbons (Fsp3) is 0.0769. The molecule has 0 saturated carbocycles. The van der Waals surface area contributed by atoms with E-state index >= 15 is 0 Å². The Morgan fingerprint density at radius 2 is 1.81 bits per heavy atom. The molecule has 0 saturated heterocycles. The molecular formula is C13H9ClF2. The van der Waals surface area contributed by atoms with Crippen LogP contribution in [0.3, 0.4) is 0 Å². The Hall–Kier alpha value is -1.41. The highest BCUT2D eigenvalue weighted by Crippen LogP contribution is 2.32. The quantitative estimate of drug-likeness (QED) is 0.682. The van der Waals surface area contributed by atoms with Crippen LogP contribution in [0.4, 0.5) is 8.78 Å². The summed E-state index contributed by atoms with van der Waals surface area (Å²) in [5.41, 5.74) is 1.53. The Kier molecular flexibility index (Phi) is 2.92. The summed E-state index contributed by atoms with van der Waals surface area (Å²) in [4.78, 5) is 0. The number of rotatable bonds is 1. The molecule has 2 aromatic rings. The molecule has 0 N–H and O–H groups in total. The minimum absolute atomic E-state index is 0.251. The average Bonchev–Trinajstić information content (AvgIpc) is 2.23. The minimum Gasteiger partial charge on any atom is -0.207 e. The largest absolute Gasteiger partial charge is 0.207 e. The van der Waals surface area contributed by atoms with Crippen LogP contribution in [0.25, 0.3) is 11.1 Å². The van der Waals surface area contributed by atoms with E-state index in [1.54, 1.807) is 19.1 Å². The highest BCUT2D eigenvalue weighted by Gasteiger charge is 2.12. The molecule has 0 heterocycles. The molecule has 0 spiro atoms. The van der Waals surface area contributed by atoms with Crippen molar-refractivity contribution in [3.8, 4) is 11.1 Å². The minimum atomic E-state index is -0.443. The highest BCUT2D eigenvalue weighted by molar-refractivity contribution is 6.33. The first kappa shape index (κ1) is 11.1. The van der Waals surface area contributed by atoms with Crippen molar-refractivity contribution in [3.05, 3.63) is 58.6 Å². The number of hydrogen-bond acceptors (Lipinski definition) is 0. The average molecular weight is 239 g/mol. The van der Waals surface area contributed by atoms with E-state index in [2.05, 4.69) is 0 Å². The normalized spacial score (nSPS) is 10.5. The van der Waals surface area contributed by atoms with Crippen LogP contribution in [0.1, 0.15) is 5.56 Å². The van der Waals surface area contributed by atoms with Gasteiger partial charge in [0.2, 0.25) is 0 Å². The van der Waals surface area contributed by atoms with Crippen molar-refractivity contribution in [1.29, 1.82) is 0 Å². The number of halogens is 3. The van der Waals surface area contributed by atoms with E-state index in [0.29, 0.717) is 5.56 Å². The van der Waals surface area contributed by atoms with Gasteiger partial charge in [-0.3, -0.25) is 0 Å². The van der Waals surface area contributed by atoms with Gasteiger partial charge in [0.05, 0.1) is 5.02 Å². The molecule has 0 aliphatic rings. The van der Waals surface area contributed by atoms with Gasteiger partial charge in [-0.15, -0.1) is 0 Å². The number of hydrogen-bond donors (Lipinski definition) is 0. The maximum Gasteiger partial charge on any atom is 0.132 e. The summed E-state index contributed by atoms with van der Waals surface area (Å²) in [6, 6.07) is 8.66. The summed E-state index contributed by atoms with van der Waals surface area (Å²) in [7, 11) is 0. The zero-order valence-electron chi connectivity index (χ0n) is 8.60. The lowest BCUT2D eigenvalue weighted by Crippen LogP contribution is -1.90. The van der Waals surface area contributed by atoms with E-state index in [1.807, 2.05) is 0 Å². The van der Waals surface area contributed by atoms with Crippen molar-refractivity contribution in [3.63, 3.8) is 0 Å². The molecular weight excluding hydrogens is 230 g/mol. The van der Waals surface area contributed by atoms with Crippen LogP contribution in [0, 0.1) is 18.6 Å². The Labute approximate surface area is 97.5 Å².